The smallest absolute Gasteiger partial charge is 0.342 e. The molecule has 1 heterocycles. The van der Waals surface area contributed by atoms with Gasteiger partial charge < -0.3 is 4.74 Å². The minimum atomic E-state index is -2.77. The molecule has 0 aliphatic rings. The van der Waals surface area contributed by atoms with Crippen LogP contribution in [0.5, 0.6) is 0 Å². The molecule has 0 saturated heterocycles. The quantitative estimate of drug-likeness (QED) is 0.790. The zero-order valence-corrected chi connectivity index (χ0v) is 8.79. The lowest BCUT2D eigenvalue weighted by Crippen LogP contribution is -2.04. The van der Waals surface area contributed by atoms with E-state index in [4.69, 9.17) is 0 Å². The first kappa shape index (κ1) is 11.1. The van der Waals surface area contributed by atoms with E-state index < -0.39 is 12.5 Å². The zero-order valence-electron chi connectivity index (χ0n) is 7.21. The maximum atomic E-state index is 12.1. The molecular weight excluding hydrogens is 262 g/mol. The minimum absolute atomic E-state index is 0.00727. The molecular formula is C7H7BrF2N2O2. The average Bonchev–Trinajstić information content (AvgIpc) is 2.48. The Kier molecular flexibility index (Phi) is 3.56. The summed E-state index contributed by atoms with van der Waals surface area (Å²) in [6.07, 6.45) is 0.937. The molecule has 0 bridgehead atoms. The van der Waals surface area contributed by atoms with E-state index in [0.717, 1.165) is 6.20 Å². The van der Waals surface area contributed by atoms with E-state index in [0.29, 0.717) is 4.68 Å². The van der Waals surface area contributed by atoms with Gasteiger partial charge in [0.25, 0.3) is 0 Å². The van der Waals surface area contributed by atoms with Gasteiger partial charge in [0.1, 0.15) is 10.2 Å². The molecule has 1 rings (SSSR count). The van der Waals surface area contributed by atoms with Gasteiger partial charge in [0.15, 0.2) is 0 Å². The van der Waals surface area contributed by atoms with Crippen molar-refractivity contribution in [2.75, 3.05) is 6.61 Å². The van der Waals surface area contributed by atoms with Gasteiger partial charge in [-0.1, -0.05) is 0 Å². The normalized spacial score (nSPS) is 10.6. The van der Waals surface area contributed by atoms with Crippen LogP contribution in [0.4, 0.5) is 8.78 Å². The molecule has 0 fully saturated rings. The van der Waals surface area contributed by atoms with Gasteiger partial charge in [-0.15, -0.1) is 0 Å². The summed E-state index contributed by atoms with van der Waals surface area (Å²) >= 11 is 2.89. The van der Waals surface area contributed by atoms with E-state index in [1.807, 2.05) is 0 Å². The topological polar surface area (TPSA) is 44.1 Å². The van der Waals surface area contributed by atoms with Gasteiger partial charge in [0.2, 0.25) is 0 Å². The number of hydrogen-bond acceptors (Lipinski definition) is 3. The summed E-state index contributed by atoms with van der Waals surface area (Å²) in [6.45, 7) is -0.955. The molecule has 0 unspecified atom stereocenters. The molecule has 0 aliphatic heterocycles. The van der Waals surface area contributed by atoms with Crippen LogP contribution < -0.4 is 0 Å². The molecule has 0 aromatic carbocycles. The second-order valence-corrected chi connectivity index (χ2v) is 3.06. The lowest BCUT2D eigenvalue weighted by Gasteiger charge is -1.97. The van der Waals surface area contributed by atoms with Crippen molar-refractivity contribution in [1.82, 2.24) is 9.78 Å². The molecule has 0 saturated carbocycles. The number of rotatable bonds is 3. The Balaban J connectivity index is 2.92. The van der Waals surface area contributed by atoms with Crippen LogP contribution in [0.2, 0.25) is 0 Å². The summed E-state index contributed by atoms with van der Waals surface area (Å²) in [5.74, 6) is -0.675. The molecule has 0 spiro atoms. The summed E-state index contributed by atoms with van der Waals surface area (Å²) in [4.78, 5) is 11.2. The van der Waals surface area contributed by atoms with Gasteiger partial charge in [0, 0.05) is 6.20 Å². The monoisotopic (exact) mass is 268 g/mol. The van der Waals surface area contributed by atoms with E-state index in [-0.39, 0.29) is 16.8 Å². The summed E-state index contributed by atoms with van der Waals surface area (Å²) < 4.78 is 29.3. The molecule has 0 radical (unpaired) electrons. The lowest BCUT2D eigenvalue weighted by molar-refractivity contribution is 0.0516. The Morgan fingerprint density at radius 2 is 2.43 bits per heavy atom. The number of ether oxygens (including phenoxy) is 1. The van der Waals surface area contributed by atoms with Gasteiger partial charge in [-0.05, 0) is 22.9 Å². The van der Waals surface area contributed by atoms with Gasteiger partial charge in [0.05, 0.1) is 6.61 Å². The van der Waals surface area contributed by atoms with Crippen molar-refractivity contribution in [3.63, 3.8) is 0 Å². The maximum Gasteiger partial charge on any atom is 0.342 e. The highest BCUT2D eigenvalue weighted by Gasteiger charge is 2.18. The van der Waals surface area contributed by atoms with Gasteiger partial charge in [-0.3, -0.25) is 0 Å². The third kappa shape index (κ3) is 2.28. The first-order valence-corrected chi connectivity index (χ1v) is 4.55. The number of alkyl halides is 2. The van der Waals surface area contributed by atoms with E-state index >= 15 is 0 Å². The molecule has 4 nitrogen and oxygen atoms in total. The Bertz CT molecular complexity index is 340. The number of halogens is 3. The molecule has 0 N–H and O–H groups in total. The van der Waals surface area contributed by atoms with E-state index in [1.54, 1.807) is 6.92 Å². The summed E-state index contributed by atoms with van der Waals surface area (Å²) in [7, 11) is 0. The van der Waals surface area contributed by atoms with Crippen molar-refractivity contribution in [3.05, 3.63) is 16.4 Å². The molecule has 7 heteroatoms. The van der Waals surface area contributed by atoms with Gasteiger partial charge in [-0.25, -0.2) is 9.48 Å². The Morgan fingerprint density at radius 1 is 1.79 bits per heavy atom. The SMILES string of the molecule is CCOC(=O)c1cn(C(F)F)nc1Br. The third-order valence-corrected chi connectivity index (χ3v) is 1.97. The second kappa shape index (κ2) is 4.50. The third-order valence-electron chi connectivity index (χ3n) is 1.38. The van der Waals surface area contributed by atoms with Gasteiger partial charge >= 0.3 is 12.5 Å². The predicted octanol–water partition coefficient (Wildman–Crippen LogP) is 2.22. The van der Waals surface area contributed by atoms with Crippen LogP contribution in [-0.2, 0) is 4.74 Å². The standard InChI is InChI=1S/C7H7BrF2N2O2/c1-2-14-6(13)4-3-12(7(9)10)11-5(4)8/h3,7H,2H2,1H3. The first-order chi connectivity index (χ1) is 6.56. The second-order valence-electron chi connectivity index (χ2n) is 2.31. The molecule has 0 amide bonds. The van der Waals surface area contributed by atoms with Crippen LogP contribution in [-0.4, -0.2) is 22.4 Å². The number of hydrogen-bond donors (Lipinski definition) is 0. The van der Waals surface area contributed by atoms with Gasteiger partial charge in [-0.2, -0.15) is 13.9 Å². The van der Waals surface area contributed by atoms with Crippen LogP contribution in [0.25, 0.3) is 0 Å². The molecule has 78 valence electrons. The van der Waals surface area contributed by atoms with Crippen LogP contribution in [0.3, 0.4) is 0 Å². The molecule has 14 heavy (non-hydrogen) atoms. The van der Waals surface area contributed by atoms with E-state index in [2.05, 4.69) is 25.8 Å². The van der Waals surface area contributed by atoms with Crippen LogP contribution >= 0.6 is 15.9 Å². The molecule has 0 atom stereocenters. The lowest BCUT2D eigenvalue weighted by atomic mass is 10.4. The highest BCUT2D eigenvalue weighted by atomic mass is 79.9. The zero-order chi connectivity index (χ0) is 10.7. The first-order valence-electron chi connectivity index (χ1n) is 3.76. The largest absolute Gasteiger partial charge is 0.462 e. The van der Waals surface area contributed by atoms with E-state index in [1.165, 1.54) is 0 Å². The van der Waals surface area contributed by atoms with Crippen molar-refractivity contribution in [3.8, 4) is 0 Å². The fourth-order valence-corrected chi connectivity index (χ4v) is 1.26. The molecule has 1 aromatic rings. The van der Waals surface area contributed by atoms with Crippen LogP contribution in [0.15, 0.2) is 10.8 Å². The van der Waals surface area contributed by atoms with Crippen LogP contribution in [0, 0.1) is 0 Å². The summed E-state index contributed by atoms with van der Waals surface area (Å²) in [6, 6.07) is 0. The number of carbonyl (C=O) groups excluding carboxylic acids is 1. The fraction of sp³-hybridized carbons (Fsp3) is 0.429. The Labute approximate surface area is 87.0 Å². The number of aromatic nitrogens is 2. The summed E-state index contributed by atoms with van der Waals surface area (Å²) in [5, 5.41) is 3.40. The van der Waals surface area contributed by atoms with Crippen molar-refractivity contribution in [2.45, 2.75) is 13.5 Å². The molecule has 0 aliphatic carbocycles. The molecule has 1 aromatic heterocycles. The van der Waals surface area contributed by atoms with Crippen molar-refractivity contribution < 1.29 is 18.3 Å². The van der Waals surface area contributed by atoms with E-state index in [9.17, 15) is 13.6 Å². The fourth-order valence-electron chi connectivity index (χ4n) is 0.815. The Hall–Kier alpha value is -0.980. The number of esters is 1. The highest BCUT2D eigenvalue weighted by molar-refractivity contribution is 9.10. The van der Waals surface area contributed by atoms with Crippen LogP contribution in [0.1, 0.15) is 23.8 Å². The average molecular weight is 269 g/mol. The highest BCUT2D eigenvalue weighted by Crippen LogP contribution is 2.19. The van der Waals surface area contributed by atoms with Crippen molar-refractivity contribution >= 4 is 21.9 Å². The maximum absolute atomic E-state index is 12.1. The minimum Gasteiger partial charge on any atom is -0.462 e. The summed E-state index contributed by atoms with van der Waals surface area (Å²) in [5.41, 5.74) is -0.00727. The van der Waals surface area contributed by atoms with Crippen molar-refractivity contribution in [1.29, 1.82) is 0 Å². The number of carbonyl (C=O) groups is 1. The predicted molar refractivity (Wildman–Crippen MR) is 47.1 cm³/mol. The Morgan fingerprint density at radius 3 is 2.86 bits per heavy atom. The number of nitrogens with zero attached hydrogens (tertiary/aromatic N) is 2. The van der Waals surface area contributed by atoms with Crippen molar-refractivity contribution in [2.24, 2.45) is 0 Å².